The van der Waals surface area contributed by atoms with E-state index in [1.165, 1.54) is 4.88 Å². The van der Waals surface area contributed by atoms with Gasteiger partial charge in [-0.3, -0.25) is 0 Å². The molecule has 0 aliphatic rings. The van der Waals surface area contributed by atoms with E-state index in [2.05, 4.69) is 20.1 Å². The second kappa shape index (κ2) is 5.33. The first kappa shape index (κ1) is 12.1. The highest BCUT2D eigenvalue weighted by molar-refractivity contribution is 7.09. The molecule has 7 heteroatoms. The molecule has 0 bridgehead atoms. The Kier molecular flexibility index (Phi) is 3.39. The summed E-state index contributed by atoms with van der Waals surface area (Å²) in [4.78, 5) is 12.5. The van der Waals surface area contributed by atoms with Crippen LogP contribution in [0.3, 0.4) is 0 Å². The van der Waals surface area contributed by atoms with Crippen LogP contribution >= 0.6 is 11.3 Å². The number of thiophene rings is 1. The van der Waals surface area contributed by atoms with E-state index in [0.29, 0.717) is 24.6 Å². The quantitative estimate of drug-likeness (QED) is 0.739. The Hall–Kier alpha value is -1.99. The van der Waals surface area contributed by atoms with E-state index in [1.54, 1.807) is 23.9 Å². The van der Waals surface area contributed by atoms with E-state index in [9.17, 15) is 0 Å². The van der Waals surface area contributed by atoms with E-state index in [4.69, 9.17) is 10.3 Å². The van der Waals surface area contributed by atoms with Crippen molar-refractivity contribution in [3.63, 3.8) is 0 Å². The predicted molar refractivity (Wildman–Crippen MR) is 70.6 cm³/mol. The van der Waals surface area contributed by atoms with Gasteiger partial charge in [-0.15, -0.1) is 11.3 Å². The lowest BCUT2D eigenvalue weighted by molar-refractivity contribution is 0.350. The minimum Gasteiger partial charge on any atom is -0.348 e. The van der Waals surface area contributed by atoms with Crippen LogP contribution < -0.4 is 5.73 Å². The third kappa shape index (κ3) is 2.88. The van der Waals surface area contributed by atoms with Gasteiger partial charge in [-0.1, -0.05) is 11.2 Å². The Morgan fingerprint density at radius 2 is 2.42 bits per heavy atom. The second-order valence-electron chi connectivity index (χ2n) is 4.19. The normalized spacial score (nSPS) is 12.7. The fourth-order valence-corrected chi connectivity index (χ4v) is 2.48. The Morgan fingerprint density at radius 1 is 1.47 bits per heavy atom. The first-order chi connectivity index (χ1) is 9.31. The molecule has 0 fully saturated rings. The van der Waals surface area contributed by atoms with Crippen molar-refractivity contribution in [2.75, 3.05) is 0 Å². The van der Waals surface area contributed by atoms with Crippen molar-refractivity contribution < 1.29 is 4.52 Å². The molecule has 0 unspecified atom stereocenters. The highest BCUT2D eigenvalue weighted by Gasteiger charge is 2.16. The van der Waals surface area contributed by atoms with Gasteiger partial charge < -0.3 is 15.2 Å². The highest BCUT2D eigenvalue weighted by Crippen LogP contribution is 2.16. The largest absolute Gasteiger partial charge is 0.348 e. The third-order valence-corrected chi connectivity index (χ3v) is 3.58. The molecular formula is C12H13N5OS. The van der Waals surface area contributed by atoms with Crippen LogP contribution in [0.5, 0.6) is 0 Å². The van der Waals surface area contributed by atoms with Crippen LogP contribution in [-0.2, 0) is 12.8 Å². The van der Waals surface area contributed by atoms with Gasteiger partial charge in [-0.25, -0.2) is 4.98 Å². The summed E-state index contributed by atoms with van der Waals surface area (Å²) in [5, 5.41) is 5.98. The molecule has 0 aliphatic carbocycles. The van der Waals surface area contributed by atoms with Crippen molar-refractivity contribution >= 4 is 11.3 Å². The van der Waals surface area contributed by atoms with Crippen LogP contribution in [0, 0.1) is 0 Å². The van der Waals surface area contributed by atoms with Gasteiger partial charge >= 0.3 is 0 Å². The predicted octanol–water partition coefficient (Wildman–Crippen LogP) is 1.69. The second-order valence-corrected chi connectivity index (χ2v) is 5.22. The molecule has 0 aromatic carbocycles. The van der Waals surface area contributed by atoms with Gasteiger partial charge in [0, 0.05) is 29.6 Å². The fourth-order valence-electron chi connectivity index (χ4n) is 1.78. The zero-order valence-corrected chi connectivity index (χ0v) is 10.9. The summed E-state index contributed by atoms with van der Waals surface area (Å²) in [5.41, 5.74) is 6.98. The van der Waals surface area contributed by atoms with Crippen molar-refractivity contribution in [1.29, 1.82) is 0 Å². The summed E-state index contributed by atoms with van der Waals surface area (Å²) in [6.07, 6.45) is 4.64. The van der Waals surface area contributed by atoms with Gasteiger partial charge in [0.15, 0.2) is 5.82 Å². The lowest BCUT2D eigenvalue weighted by Crippen LogP contribution is -2.14. The molecule has 19 heavy (non-hydrogen) atoms. The van der Waals surface area contributed by atoms with Crippen LogP contribution in [0.4, 0.5) is 0 Å². The van der Waals surface area contributed by atoms with Crippen molar-refractivity contribution in [2.45, 2.75) is 18.9 Å². The van der Waals surface area contributed by atoms with Gasteiger partial charge in [0.1, 0.15) is 0 Å². The Labute approximate surface area is 113 Å². The Morgan fingerprint density at radius 3 is 3.16 bits per heavy atom. The number of hydrogen-bond donors (Lipinski definition) is 2. The van der Waals surface area contributed by atoms with Gasteiger partial charge in [0.05, 0.1) is 12.4 Å². The number of rotatable bonds is 5. The van der Waals surface area contributed by atoms with Crippen LogP contribution in [0.25, 0.3) is 0 Å². The summed E-state index contributed by atoms with van der Waals surface area (Å²) in [6, 6.07) is 3.74. The minimum atomic E-state index is -0.315. The van der Waals surface area contributed by atoms with Gasteiger partial charge in [-0.05, 0) is 11.4 Å². The third-order valence-electron chi connectivity index (χ3n) is 2.71. The highest BCUT2D eigenvalue weighted by atomic mass is 32.1. The number of nitrogens with two attached hydrogens (primary N) is 1. The summed E-state index contributed by atoms with van der Waals surface area (Å²) in [6.45, 7) is 0. The molecule has 0 saturated carbocycles. The van der Waals surface area contributed by atoms with Crippen LogP contribution in [0.1, 0.15) is 28.3 Å². The standard InChI is InChI=1S/C12H13N5OS/c13-10(4-8-6-14-7-15-8)12-16-11(17-18-12)5-9-2-1-3-19-9/h1-3,6-7,10H,4-5,13H2,(H,14,15)/t10-/m0/s1. The smallest absolute Gasteiger partial charge is 0.243 e. The van der Waals surface area contributed by atoms with Crippen LogP contribution in [0.15, 0.2) is 34.6 Å². The van der Waals surface area contributed by atoms with E-state index in [0.717, 1.165) is 5.69 Å². The molecular weight excluding hydrogens is 262 g/mol. The average Bonchev–Trinajstić information content (AvgIpc) is 3.10. The number of H-pyrrole nitrogens is 1. The van der Waals surface area contributed by atoms with E-state index < -0.39 is 0 Å². The average molecular weight is 275 g/mol. The molecule has 98 valence electrons. The van der Waals surface area contributed by atoms with Gasteiger partial charge in [0.25, 0.3) is 0 Å². The molecule has 3 heterocycles. The summed E-state index contributed by atoms with van der Waals surface area (Å²) in [7, 11) is 0. The first-order valence-corrected chi connectivity index (χ1v) is 6.77. The topological polar surface area (TPSA) is 93.6 Å². The molecule has 0 amide bonds. The van der Waals surface area contributed by atoms with Crippen molar-refractivity contribution in [2.24, 2.45) is 5.73 Å². The van der Waals surface area contributed by atoms with Gasteiger partial charge in [0.2, 0.25) is 5.89 Å². The molecule has 0 aliphatic heterocycles. The van der Waals surface area contributed by atoms with E-state index in [-0.39, 0.29) is 6.04 Å². The molecule has 0 spiro atoms. The minimum absolute atomic E-state index is 0.315. The van der Waals surface area contributed by atoms with Crippen molar-refractivity contribution in [1.82, 2.24) is 20.1 Å². The number of imidazole rings is 1. The molecule has 3 aromatic heterocycles. The van der Waals surface area contributed by atoms with E-state index >= 15 is 0 Å². The van der Waals surface area contributed by atoms with E-state index in [1.807, 2.05) is 17.5 Å². The van der Waals surface area contributed by atoms with Crippen LogP contribution in [0.2, 0.25) is 0 Å². The zero-order chi connectivity index (χ0) is 13.1. The molecule has 3 rings (SSSR count). The summed E-state index contributed by atoms with van der Waals surface area (Å²) >= 11 is 1.67. The number of aromatic nitrogens is 4. The molecule has 1 atom stereocenters. The molecule has 6 nitrogen and oxygen atoms in total. The maximum Gasteiger partial charge on any atom is 0.243 e. The number of aromatic amines is 1. The molecule has 0 saturated heterocycles. The lowest BCUT2D eigenvalue weighted by Gasteiger charge is -2.03. The lowest BCUT2D eigenvalue weighted by atomic mass is 10.2. The fraction of sp³-hybridized carbons (Fsp3) is 0.250. The Balaban J connectivity index is 1.67. The zero-order valence-electron chi connectivity index (χ0n) is 10.1. The maximum atomic E-state index is 6.03. The SMILES string of the molecule is N[C@@H](Cc1cnc[nH]1)c1nc(Cc2cccs2)no1. The molecule has 3 N–H and O–H groups in total. The van der Waals surface area contributed by atoms with Gasteiger partial charge in [-0.2, -0.15) is 4.98 Å². The molecule has 0 radical (unpaired) electrons. The van der Waals surface area contributed by atoms with Crippen molar-refractivity contribution in [3.8, 4) is 0 Å². The van der Waals surface area contributed by atoms with Crippen molar-refractivity contribution in [3.05, 3.63) is 52.3 Å². The summed E-state index contributed by atoms with van der Waals surface area (Å²) < 4.78 is 5.21. The monoisotopic (exact) mass is 275 g/mol. The summed E-state index contributed by atoms with van der Waals surface area (Å²) in [5.74, 6) is 1.12. The number of nitrogens with zero attached hydrogens (tertiary/aromatic N) is 3. The van der Waals surface area contributed by atoms with Crippen LogP contribution in [-0.4, -0.2) is 20.1 Å². The number of nitrogens with one attached hydrogen (secondary N) is 1. The molecule has 3 aromatic rings. The number of hydrogen-bond acceptors (Lipinski definition) is 6. The first-order valence-electron chi connectivity index (χ1n) is 5.89. The Bertz CT molecular complexity index is 616. The maximum absolute atomic E-state index is 6.03.